The van der Waals surface area contributed by atoms with Gasteiger partial charge in [-0.15, -0.1) is 0 Å². The van der Waals surface area contributed by atoms with Gasteiger partial charge in [0, 0.05) is 38.4 Å². The van der Waals surface area contributed by atoms with Gasteiger partial charge >= 0.3 is 0 Å². The molecule has 0 atom stereocenters. The second-order valence-corrected chi connectivity index (χ2v) is 8.40. The van der Waals surface area contributed by atoms with Gasteiger partial charge in [-0.2, -0.15) is 0 Å². The van der Waals surface area contributed by atoms with Gasteiger partial charge in [0.25, 0.3) is 5.88 Å². The fourth-order valence-corrected chi connectivity index (χ4v) is 4.09. The molecule has 34 heavy (non-hydrogen) atoms. The summed E-state index contributed by atoms with van der Waals surface area (Å²) in [5.41, 5.74) is 4.75. The molecular weight excluding hydrogens is 432 g/mol. The van der Waals surface area contributed by atoms with E-state index in [2.05, 4.69) is 54.5 Å². The summed E-state index contributed by atoms with van der Waals surface area (Å²) in [5, 5.41) is 3.80. The molecule has 0 aliphatic carbocycles. The van der Waals surface area contributed by atoms with Gasteiger partial charge in [0.05, 0.1) is 20.3 Å². The number of ether oxygens (including phenoxy) is 3. The molecule has 0 fully saturated rings. The zero-order valence-electron chi connectivity index (χ0n) is 19.9. The standard InChI is InChI=1S/C27H32N2O5/c1-3-20-7-9-25-23(16-20)17-21-5-4-6-22(15-21)19-29(11-12-32-13-14-33-25)27(30)10-8-24-18-26(31-2)28-34-24/h4-7,9,15-16,18H,3,8,10-14,17,19H2,1-2H3. The van der Waals surface area contributed by atoms with E-state index in [9.17, 15) is 4.79 Å². The van der Waals surface area contributed by atoms with Crippen molar-refractivity contribution in [2.45, 2.75) is 39.2 Å². The Bertz CT molecular complexity index is 1090. The highest BCUT2D eigenvalue weighted by Gasteiger charge is 2.17. The molecule has 2 aromatic carbocycles. The van der Waals surface area contributed by atoms with Crippen molar-refractivity contribution in [2.24, 2.45) is 0 Å². The van der Waals surface area contributed by atoms with Crippen LogP contribution in [-0.2, 0) is 35.3 Å². The van der Waals surface area contributed by atoms with E-state index in [1.165, 1.54) is 23.8 Å². The second kappa shape index (κ2) is 11.7. The normalized spacial score (nSPS) is 14.6. The number of hydrogen-bond donors (Lipinski definition) is 0. The molecule has 0 saturated carbocycles. The first-order valence-corrected chi connectivity index (χ1v) is 11.8. The lowest BCUT2D eigenvalue weighted by Crippen LogP contribution is -2.34. The molecule has 1 aliphatic heterocycles. The van der Waals surface area contributed by atoms with E-state index in [1.807, 2.05) is 4.90 Å². The summed E-state index contributed by atoms with van der Waals surface area (Å²) in [5.74, 6) is 2.00. The highest BCUT2D eigenvalue weighted by molar-refractivity contribution is 5.76. The highest BCUT2D eigenvalue weighted by atomic mass is 16.5. The van der Waals surface area contributed by atoms with Crippen molar-refractivity contribution in [1.29, 1.82) is 0 Å². The van der Waals surface area contributed by atoms with Gasteiger partial charge in [-0.25, -0.2) is 0 Å². The summed E-state index contributed by atoms with van der Waals surface area (Å²) in [6.07, 6.45) is 2.55. The average Bonchev–Trinajstić information content (AvgIpc) is 3.32. The van der Waals surface area contributed by atoms with Gasteiger partial charge in [0.1, 0.15) is 18.1 Å². The molecule has 0 spiro atoms. The van der Waals surface area contributed by atoms with Gasteiger partial charge in [-0.1, -0.05) is 43.3 Å². The van der Waals surface area contributed by atoms with E-state index in [4.69, 9.17) is 18.7 Å². The number of fused-ring (bicyclic) bond motifs is 3. The molecular formula is C27H32N2O5. The van der Waals surface area contributed by atoms with Crippen LogP contribution in [0.5, 0.6) is 11.6 Å². The lowest BCUT2D eigenvalue weighted by atomic mass is 9.99. The molecule has 0 saturated heterocycles. The Kier molecular flexibility index (Phi) is 8.20. The van der Waals surface area contributed by atoms with Crippen LogP contribution in [-0.4, -0.2) is 49.4 Å². The molecule has 4 rings (SSSR count). The molecule has 3 aromatic rings. The molecule has 1 aromatic heterocycles. The SMILES string of the molecule is CCc1ccc2c(c1)Cc1cccc(c1)CN(C(=O)CCc1cc(OC)no1)CCOCCO2. The number of hydrogen-bond acceptors (Lipinski definition) is 6. The largest absolute Gasteiger partial charge is 0.491 e. The van der Waals surface area contributed by atoms with Crippen LogP contribution in [0.1, 0.15) is 41.4 Å². The number of aromatic nitrogens is 1. The Morgan fingerprint density at radius 3 is 2.79 bits per heavy atom. The number of nitrogens with zero attached hydrogens (tertiary/aromatic N) is 2. The van der Waals surface area contributed by atoms with Crippen molar-refractivity contribution in [3.05, 3.63) is 76.5 Å². The first-order chi connectivity index (χ1) is 16.6. The average molecular weight is 465 g/mol. The van der Waals surface area contributed by atoms with E-state index in [-0.39, 0.29) is 5.91 Å². The van der Waals surface area contributed by atoms with Crippen LogP contribution in [0.2, 0.25) is 0 Å². The van der Waals surface area contributed by atoms with Gasteiger partial charge in [0.2, 0.25) is 5.91 Å². The Hall–Kier alpha value is -3.32. The summed E-state index contributed by atoms with van der Waals surface area (Å²) < 4.78 is 22.1. The maximum Gasteiger partial charge on any atom is 0.254 e. The summed E-state index contributed by atoms with van der Waals surface area (Å²) in [6, 6.07) is 16.6. The second-order valence-electron chi connectivity index (χ2n) is 8.40. The lowest BCUT2D eigenvalue weighted by Gasteiger charge is -2.24. The van der Waals surface area contributed by atoms with Crippen molar-refractivity contribution in [3.8, 4) is 11.6 Å². The number of benzene rings is 2. The molecule has 0 N–H and O–H groups in total. The third-order valence-electron chi connectivity index (χ3n) is 5.97. The molecule has 180 valence electrons. The van der Waals surface area contributed by atoms with Crippen molar-refractivity contribution >= 4 is 5.91 Å². The minimum Gasteiger partial charge on any atom is -0.491 e. The van der Waals surface area contributed by atoms with Crippen LogP contribution in [0.4, 0.5) is 0 Å². The van der Waals surface area contributed by atoms with Crippen LogP contribution in [0, 0.1) is 0 Å². The van der Waals surface area contributed by atoms with Crippen molar-refractivity contribution in [3.63, 3.8) is 0 Å². The molecule has 2 bridgehead atoms. The Labute approximate surface area is 200 Å². The van der Waals surface area contributed by atoms with Crippen molar-refractivity contribution in [2.75, 3.05) is 33.5 Å². The van der Waals surface area contributed by atoms with E-state index >= 15 is 0 Å². The Morgan fingerprint density at radius 2 is 1.97 bits per heavy atom. The summed E-state index contributed by atoms with van der Waals surface area (Å²) in [7, 11) is 1.54. The van der Waals surface area contributed by atoms with Crippen LogP contribution in [0.3, 0.4) is 0 Å². The Balaban J connectivity index is 1.50. The highest BCUT2D eigenvalue weighted by Crippen LogP contribution is 2.25. The quantitative estimate of drug-likeness (QED) is 0.563. The monoisotopic (exact) mass is 464 g/mol. The molecule has 2 heterocycles. The van der Waals surface area contributed by atoms with Gasteiger partial charge < -0.3 is 23.6 Å². The van der Waals surface area contributed by atoms with Crippen LogP contribution in [0.25, 0.3) is 0 Å². The molecule has 0 unspecified atom stereocenters. The molecule has 1 aliphatic rings. The first-order valence-electron chi connectivity index (χ1n) is 11.8. The predicted octanol–water partition coefficient (Wildman–Crippen LogP) is 4.21. The van der Waals surface area contributed by atoms with Gasteiger partial charge in [-0.05, 0) is 39.9 Å². The maximum absolute atomic E-state index is 13.1. The first kappa shape index (κ1) is 23.8. The topological polar surface area (TPSA) is 74.0 Å². The third kappa shape index (κ3) is 6.38. The fourth-order valence-electron chi connectivity index (χ4n) is 4.09. The van der Waals surface area contributed by atoms with Gasteiger partial charge in [0.15, 0.2) is 0 Å². The van der Waals surface area contributed by atoms with Crippen LogP contribution in [0.15, 0.2) is 53.1 Å². The third-order valence-corrected chi connectivity index (χ3v) is 5.97. The Morgan fingerprint density at radius 1 is 1.09 bits per heavy atom. The van der Waals surface area contributed by atoms with E-state index in [1.54, 1.807) is 6.07 Å². The van der Waals surface area contributed by atoms with Crippen LogP contribution < -0.4 is 9.47 Å². The lowest BCUT2D eigenvalue weighted by molar-refractivity contribution is -0.132. The number of amides is 1. The van der Waals surface area contributed by atoms with E-state index < -0.39 is 0 Å². The minimum absolute atomic E-state index is 0.0469. The minimum atomic E-state index is 0.0469. The zero-order valence-corrected chi connectivity index (χ0v) is 19.9. The smallest absolute Gasteiger partial charge is 0.254 e. The summed E-state index contributed by atoms with van der Waals surface area (Å²) >= 11 is 0. The van der Waals surface area contributed by atoms with E-state index in [0.29, 0.717) is 57.4 Å². The number of methoxy groups -OCH3 is 1. The van der Waals surface area contributed by atoms with Crippen molar-refractivity contribution < 1.29 is 23.5 Å². The predicted molar refractivity (Wildman–Crippen MR) is 128 cm³/mol. The molecule has 1 amide bonds. The fraction of sp³-hybridized carbons (Fsp3) is 0.407. The summed E-state index contributed by atoms with van der Waals surface area (Å²) in [4.78, 5) is 14.9. The number of rotatable bonds is 5. The molecule has 7 nitrogen and oxygen atoms in total. The van der Waals surface area contributed by atoms with Crippen LogP contribution >= 0.6 is 0 Å². The summed E-state index contributed by atoms with van der Waals surface area (Å²) in [6.45, 7) is 4.60. The number of carbonyl (C=O) groups is 1. The zero-order chi connectivity index (χ0) is 23.8. The van der Waals surface area contributed by atoms with Crippen molar-refractivity contribution in [1.82, 2.24) is 10.1 Å². The molecule has 7 heteroatoms. The molecule has 0 radical (unpaired) electrons. The maximum atomic E-state index is 13.1. The number of aryl methyl sites for hydroxylation is 2. The van der Waals surface area contributed by atoms with E-state index in [0.717, 1.165) is 24.2 Å². The van der Waals surface area contributed by atoms with Gasteiger partial charge in [-0.3, -0.25) is 4.79 Å². The number of carbonyl (C=O) groups excluding carboxylic acids is 1.